The summed E-state index contributed by atoms with van der Waals surface area (Å²) in [4.78, 5) is 24.0. The first kappa shape index (κ1) is 15.7. The van der Waals surface area contributed by atoms with E-state index in [-0.39, 0.29) is 29.0 Å². The van der Waals surface area contributed by atoms with Crippen molar-refractivity contribution in [2.24, 2.45) is 23.2 Å². The monoisotopic (exact) mass is 264 g/mol. The second-order valence-corrected chi connectivity index (χ2v) is 5.91. The highest BCUT2D eigenvalue weighted by atomic mass is 16.5. The lowest BCUT2D eigenvalue weighted by Crippen LogP contribution is -2.42. The molecule has 106 valence electrons. The second kappa shape index (κ2) is 5.72. The number of allylic oxidation sites excluding steroid dienone is 2. The Morgan fingerprint density at radius 2 is 2.16 bits per heavy atom. The lowest BCUT2D eigenvalue weighted by Gasteiger charge is -2.43. The molecule has 0 heterocycles. The van der Waals surface area contributed by atoms with Gasteiger partial charge in [-0.15, -0.1) is 6.58 Å². The molecule has 0 amide bonds. The van der Waals surface area contributed by atoms with Crippen molar-refractivity contribution in [1.29, 1.82) is 0 Å². The van der Waals surface area contributed by atoms with Gasteiger partial charge in [0.05, 0.1) is 13.0 Å². The van der Waals surface area contributed by atoms with Crippen LogP contribution in [0, 0.1) is 23.2 Å². The SMILES string of the molecule is C=C[C@]1(C)CC(=O)[C@@H]([C@@H](C)C(=O)OC)C[C@H]1C(=C)C. The van der Waals surface area contributed by atoms with Crippen LogP contribution in [0.2, 0.25) is 0 Å². The van der Waals surface area contributed by atoms with Crippen molar-refractivity contribution in [1.82, 2.24) is 0 Å². The third kappa shape index (κ3) is 2.96. The minimum Gasteiger partial charge on any atom is -0.469 e. The van der Waals surface area contributed by atoms with E-state index in [4.69, 9.17) is 4.74 Å². The van der Waals surface area contributed by atoms with E-state index in [0.717, 1.165) is 5.57 Å². The van der Waals surface area contributed by atoms with Gasteiger partial charge in [0, 0.05) is 12.3 Å². The van der Waals surface area contributed by atoms with Crippen molar-refractivity contribution in [2.45, 2.75) is 33.6 Å². The van der Waals surface area contributed by atoms with Gasteiger partial charge in [-0.25, -0.2) is 0 Å². The Balaban J connectivity index is 3.02. The van der Waals surface area contributed by atoms with Gasteiger partial charge >= 0.3 is 5.97 Å². The average Bonchev–Trinajstić information content (AvgIpc) is 2.36. The van der Waals surface area contributed by atoms with Crippen LogP contribution in [0.3, 0.4) is 0 Å². The molecule has 1 fully saturated rings. The van der Waals surface area contributed by atoms with Crippen LogP contribution in [0.1, 0.15) is 33.6 Å². The number of ether oxygens (including phenoxy) is 1. The first-order chi connectivity index (χ1) is 8.76. The fraction of sp³-hybridized carbons (Fsp3) is 0.625. The van der Waals surface area contributed by atoms with E-state index < -0.39 is 5.92 Å². The normalized spacial score (nSPS) is 32.5. The molecule has 19 heavy (non-hydrogen) atoms. The van der Waals surface area contributed by atoms with Crippen LogP contribution in [-0.4, -0.2) is 18.9 Å². The number of carbonyl (C=O) groups is 2. The summed E-state index contributed by atoms with van der Waals surface area (Å²) in [5.41, 5.74) is 0.784. The van der Waals surface area contributed by atoms with E-state index in [1.54, 1.807) is 6.92 Å². The molecule has 0 radical (unpaired) electrons. The molecule has 0 aromatic heterocycles. The van der Waals surface area contributed by atoms with Crippen LogP contribution in [-0.2, 0) is 14.3 Å². The number of methoxy groups -OCH3 is 1. The van der Waals surface area contributed by atoms with E-state index in [1.165, 1.54) is 7.11 Å². The number of hydrogen-bond acceptors (Lipinski definition) is 3. The molecule has 3 nitrogen and oxygen atoms in total. The topological polar surface area (TPSA) is 43.4 Å². The molecule has 1 aliphatic carbocycles. The fourth-order valence-electron chi connectivity index (χ4n) is 3.10. The summed E-state index contributed by atoms with van der Waals surface area (Å²) in [5.74, 6) is -0.686. The fourth-order valence-corrected chi connectivity index (χ4v) is 3.10. The standard InChI is InChI=1S/C16H24O3/c1-7-16(5)9-14(17)12(8-13(16)10(2)3)11(4)15(18)19-6/h7,11-13H,1-2,8-9H2,3-6H3/t11-,12-,13+,16-/m1/s1. The van der Waals surface area contributed by atoms with Crippen LogP contribution >= 0.6 is 0 Å². The van der Waals surface area contributed by atoms with Gasteiger partial charge in [-0.3, -0.25) is 9.59 Å². The van der Waals surface area contributed by atoms with Crippen molar-refractivity contribution in [3.63, 3.8) is 0 Å². The molecule has 0 aliphatic heterocycles. The predicted molar refractivity (Wildman–Crippen MR) is 75.5 cm³/mol. The lowest BCUT2D eigenvalue weighted by molar-refractivity contribution is -0.151. The van der Waals surface area contributed by atoms with Gasteiger partial charge in [-0.1, -0.05) is 32.1 Å². The molecular weight excluding hydrogens is 240 g/mol. The van der Waals surface area contributed by atoms with Crippen molar-refractivity contribution in [2.75, 3.05) is 7.11 Å². The molecule has 0 unspecified atom stereocenters. The van der Waals surface area contributed by atoms with Crippen LogP contribution in [0.25, 0.3) is 0 Å². The van der Waals surface area contributed by atoms with Crippen molar-refractivity contribution in [3.05, 3.63) is 24.8 Å². The molecule has 0 saturated heterocycles. The van der Waals surface area contributed by atoms with Crippen LogP contribution in [0.15, 0.2) is 24.8 Å². The van der Waals surface area contributed by atoms with Gasteiger partial charge in [0.25, 0.3) is 0 Å². The maximum atomic E-state index is 12.3. The third-order valence-corrected chi connectivity index (χ3v) is 4.49. The van der Waals surface area contributed by atoms with Crippen LogP contribution < -0.4 is 0 Å². The maximum Gasteiger partial charge on any atom is 0.309 e. The summed E-state index contributed by atoms with van der Waals surface area (Å²) in [5, 5.41) is 0. The molecule has 0 aromatic carbocycles. The highest BCUT2D eigenvalue weighted by Crippen LogP contribution is 2.47. The summed E-state index contributed by atoms with van der Waals surface area (Å²) >= 11 is 0. The third-order valence-electron chi connectivity index (χ3n) is 4.49. The molecule has 1 aliphatic rings. The number of esters is 1. The van der Waals surface area contributed by atoms with Gasteiger partial charge < -0.3 is 4.74 Å². The van der Waals surface area contributed by atoms with Crippen LogP contribution in [0.5, 0.6) is 0 Å². The van der Waals surface area contributed by atoms with E-state index in [9.17, 15) is 9.59 Å². The van der Waals surface area contributed by atoms with E-state index >= 15 is 0 Å². The minimum atomic E-state index is -0.395. The average molecular weight is 264 g/mol. The zero-order valence-corrected chi connectivity index (χ0v) is 12.4. The van der Waals surface area contributed by atoms with Crippen LogP contribution in [0.4, 0.5) is 0 Å². The van der Waals surface area contributed by atoms with Gasteiger partial charge in [0.15, 0.2) is 0 Å². The second-order valence-electron chi connectivity index (χ2n) is 5.91. The van der Waals surface area contributed by atoms with Crippen molar-refractivity contribution < 1.29 is 14.3 Å². The van der Waals surface area contributed by atoms with Gasteiger partial charge in [0.1, 0.15) is 5.78 Å². The zero-order valence-electron chi connectivity index (χ0n) is 12.4. The van der Waals surface area contributed by atoms with Gasteiger partial charge in [-0.05, 0) is 24.7 Å². The van der Waals surface area contributed by atoms with E-state index in [2.05, 4.69) is 13.2 Å². The molecular formula is C16H24O3. The number of carbonyl (C=O) groups excluding carboxylic acids is 2. The van der Waals surface area contributed by atoms with E-state index in [1.807, 2.05) is 19.9 Å². The largest absolute Gasteiger partial charge is 0.469 e. The molecule has 4 atom stereocenters. The Morgan fingerprint density at radius 1 is 1.58 bits per heavy atom. The number of Topliss-reactive ketones (excluding diaryl/α,β-unsaturated/α-hetero) is 1. The Bertz CT molecular complexity index is 410. The number of ketones is 1. The zero-order chi connectivity index (χ0) is 14.8. The highest BCUT2D eigenvalue weighted by molar-refractivity contribution is 5.88. The molecule has 3 heteroatoms. The summed E-state index contributed by atoms with van der Waals surface area (Å²) in [6, 6.07) is 0. The molecule has 0 aromatic rings. The summed E-state index contributed by atoms with van der Waals surface area (Å²) in [6.45, 7) is 13.7. The smallest absolute Gasteiger partial charge is 0.309 e. The molecule has 0 bridgehead atoms. The molecule has 1 saturated carbocycles. The lowest BCUT2D eigenvalue weighted by atomic mass is 9.60. The van der Waals surface area contributed by atoms with Gasteiger partial charge in [-0.2, -0.15) is 0 Å². The first-order valence-corrected chi connectivity index (χ1v) is 6.66. The Hall–Kier alpha value is -1.38. The van der Waals surface area contributed by atoms with E-state index in [0.29, 0.717) is 12.8 Å². The van der Waals surface area contributed by atoms with Crippen molar-refractivity contribution >= 4 is 11.8 Å². The summed E-state index contributed by atoms with van der Waals surface area (Å²) in [7, 11) is 1.36. The Kier molecular flexibility index (Phi) is 4.72. The molecule has 0 spiro atoms. The number of hydrogen-bond donors (Lipinski definition) is 0. The summed E-state index contributed by atoms with van der Waals surface area (Å²) in [6.07, 6.45) is 2.91. The van der Waals surface area contributed by atoms with Gasteiger partial charge in [0.2, 0.25) is 0 Å². The summed E-state index contributed by atoms with van der Waals surface area (Å²) < 4.78 is 4.75. The van der Waals surface area contributed by atoms with Crippen molar-refractivity contribution in [3.8, 4) is 0 Å². The Morgan fingerprint density at radius 3 is 2.58 bits per heavy atom. The number of rotatable bonds is 4. The highest BCUT2D eigenvalue weighted by Gasteiger charge is 2.45. The molecule has 1 rings (SSSR count). The first-order valence-electron chi connectivity index (χ1n) is 6.66. The quantitative estimate of drug-likeness (QED) is 0.578. The Labute approximate surface area is 115 Å². The maximum absolute atomic E-state index is 12.3. The minimum absolute atomic E-state index is 0.123. The predicted octanol–water partition coefficient (Wildman–Crippen LogP) is 3.16. The molecule has 0 N–H and O–H groups in total.